The Morgan fingerprint density at radius 3 is 2.54 bits per heavy atom. The number of amides is 4. The van der Waals surface area contributed by atoms with Gasteiger partial charge in [-0.15, -0.1) is 0 Å². The van der Waals surface area contributed by atoms with E-state index in [-0.39, 0.29) is 18.5 Å². The zero-order chi connectivity index (χ0) is 20.3. The van der Waals surface area contributed by atoms with Gasteiger partial charge < -0.3 is 15.4 Å². The molecule has 0 bridgehead atoms. The highest BCUT2D eigenvalue weighted by Gasteiger charge is 2.51. The van der Waals surface area contributed by atoms with E-state index in [2.05, 4.69) is 17.6 Å². The molecule has 1 saturated heterocycles. The molecule has 3 atom stereocenters. The molecule has 7 nitrogen and oxygen atoms in total. The third kappa shape index (κ3) is 3.70. The fraction of sp³-hybridized carbons (Fsp3) is 0.571. The van der Waals surface area contributed by atoms with Crippen molar-refractivity contribution >= 4 is 17.8 Å². The van der Waals surface area contributed by atoms with Crippen molar-refractivity contribution in [1.82, 2.24) is 15.5 Å². The highest BCUT2D eigenvalue weighted by Crippen LogP contribution is 2.33. The number of nitrogens with one attached hydrogen (secondary N) is 2. The lowest BCUT2D eigenvalue weighted by molar-refractivity contribution is -0.135. The first kappa shape index (κ1) is 20.2. The van der Waals surface area contributed by atoms with E-state index in [0.717, 1.165) is 24.2 Å². The SMILES string of the molecule is CCC1(c2ccc(OC)cc2)NC(=O)N(CC(=O)NC2CCCCC2C)C1=O. The number of carbonyl (C=O) groups excluding carboxylic acids is 3. The zero-order valence-corrected chi connectivity index (χ0v) is 16.8. The van der Waals surface area contributed by atoms with Crippen LogP contribution in [-0.2, 0) is 15.1 Å². The molecular weight excluding hydrogens is 358 g/mol. The molecule has 1 aromatic carbocycles. The number of hydrogen-bond donors (Lipinski definition) is 2. The van der Waals surface area contributed by atoms with Crippen LogP contribution in [-0.4, -0.2) is 42.4 Å². The molecule has 28 heavy (non-hydrogen) atoms. The first-order valence-corrected chi connectivity index (χ1v) is 9.99. The molecular formula is C21H29N3O4. The van der Waals surface area contributed by atoms with Crippen molar-refractivity contribution in [2.45, 2.75) is 57.5 Å². The maximum atomic E-state index is 13.1. The van der Waals surface area contributed by atoms with E-state index in [9.17, 15) is 14.4 Å². The highest BCUT2D eigenvalue weighted by atomic mass is 16.5. The van der Waals surface area contributed by atoms with Crippen LogP contribution >= 0.6 is 0 Å². The largest absolute Gasteiger partial charge is 0.497 e. The smallest absolute Gasteiger partial charge is 0.325 e. The summed E-state index contributed by atoms with van der Waals surface area (Å²) in [6.45, 7) is 3.71. The van der Waals surface area contributed by atoms with Crippen molar-refractivity contribution < 1.29 is 19.1 Å². The van der Waals surface area contributed by atoms with Crippen LogP contribution in [0.25, 0.3) is 0 Å². The second kappa shape index (κ2) is 8.20. The lowest BCUT2D eigenvalue weighted by atomic mass is 9.86. The summed E-state index contributed by atoms with van der Waals surface area (Å²) < 4.78 is 5.17. The van der Waals surface area contributed by atoms with Crippen LogP contribution in [0.3, 0.4) is 0 Å². The van der Waals surface area contributed by atoms with Gasteiger partial charge in [0, 0.05) is 6.04 Å². The van der Waals surface area contributed by atoms with Gasteiger partial charge in [-0.05, 0) is 42.9 Å². The van der Waals surface area contributed by atoms with Crippen LogP contribution in [0.2, 0.25) is 0 Å². The monoisotopic (exact) mass is 387 g/mol. The number of ether oxygens (including phenoxy) is 1. The Hall–Kier alpha value is -2.57. The number of imide groups is 1. The summed E-state index contributed by atoms with van der Waals surface area (Å²) >= 11 is 0. The molecule has 3 rings (SSSR count). The minimum atomic E-state index is -1.15. The molecule has 3 unspecified atom stereocenters. The van der Waals surface area contributed by atoms with E-state index in [4.69, 9.17) is 4.74 Å². The zero-order valence-electron chi connectivity index (χ0n) is 16.8. The number of rotatable bonds is 6. The number of urea groups is 1. The first-order chi connectivity index (χ1) is 13.4. The predicted octanol–water partition coefficient (Wildman–Crippen LogP) is 2.55. The Morgan fingerprint density at radius 1 is 1.25 bits per heavy atom. The number of carbonyl (C=O) groups is 3. The normalized spacial score (nSPS) is 27.5. The van der Waals surface area contributed by atoms with Gasteiger partial charge >= 0.3 is 6.03 Å². The lowest BCUT2D eigenvalue weighted by Crippen LogP contribution is -2.48. The molecule has 2 fully saturated rings. The molecule has 1 saturated carbocycles. The lowest BCUT2D eigenvalue weighted by Gasteiger charge is -2.30. The molecule has 0 radical (unpaired) electrons. The Balaban J connectivity index is 1.73. The minimum Gasteiger partial charge on any atom is -0.497 e. The second-order valence-electron chi connectivity index (χ2n) is 7.74. The van der Waals surface area contributed by atoms with E-state index in [0.29, 0.717) is 23.7 Å². The molecule has 4 amide bonds. The Morgan fingerprint density at radius 2 is 1.93 bits per heavy atom. The summed E-state index contributed by atoms with van der Waals surface area (Å²) in [5.74, 6) is 0.403. The highest BCUT2D eigenvalue weighted by molar-refractivity contribution is 6.09. The fourth-order valence-corrected chi connectivity index (χ4v) is 4.21. The number of nitrogens with zero attached hydrogens (tertiary/aromatic N) is 1. The maximum Gasteiger partial charge on any atom is 0.325 e. The van der Waals surface area contributed by atoms with Gasteiger partial charge in [0.2, 0.25) is 5.91 Å². The van der Waals surface area contributed by atoms with Crippen molar-refractivity contribution in [1.29, 1.82) is 0 Å². The molecule has 0 spiro atoms. The van der Waals surface area contributed by atoms with Gasteiger partial charge in [0.1, 0.15) is 17.8 Å². The van der Waals surface area contributed by atoms with Crippen LogP contribution in [0.5, 0.6) is 5.75 Å². The van der Waals surface area contributed by atoms with E-state index in [1.165, 1.54) is 6.42 Å². The quantitative estimate of drug-likeness (QED) is 0.735. The predicted molar refractivity (Wildman–Crippen MR) is 105 cm³/mol. The van der Waals surface area contributed by atoms with Gasteiger partial charge in [0.15, 0.2) is 0 Å². The molecule has 2 aliphatic rings. The van der Waals surface area contributed by atoms with E-state index >= 15 is 0 Å². The molecule has 2 N–H and O–H groups in total. The second-order valence-corrected chi connectivity index (χ2v) is 7.74. The molecule has 1 aliphatic carbocycles. The van der Waals surface area contributed by atoms with Crippen LogP contribution in [0.15, 0.2) is 24.3 Å². The summed E-state index contributed by atoms with van der Waals surface area (Å²) in [4.78, 5) is 39.2. The van der Waals surface area contributed by atoms with Gasteiger partial charge in [-0.1, -0.05) is 38.8 Å². The van der Waals surface area contributed by atoms with Crippen molar-refractivity contribution in [3.63, 3.8) is 0 Å². The van der Waals surface area contributed by atoms with Gasteiger partial charge in [-0.3, -0.25) is 14.5 Å². The fourth-order valence-electron chi connectivity index (χ4n) is 4.21. The Labute approximate surface area is 165 Å². The topological polar surface area (TPSA) is 87.7 Å². The van der Waals surface area contributed by atoms with Crippen molar-refractivity contribution in [2.24, 2.45) is 5.92 Å². The molecule has 7 heteroatoms. The van der Waals surface area contributed by atoms with E-state index in [1.807, 2.05) is 6.92 Å². The van der Waals surface area contributed by atoms with Crippen LogP contribution < -0.4 is 15.4 Å². The van der Waals surface area contributed by atoms with Crippen molar-refractivity contribution in [2.75, 3.05) is 13.7 Å². The van der Waals surface area contributed by atoms with Crippen molar-refractivity contribution in [3.8, 4) is 5.75 Å². The summed E-state index contributed by atoms with van der Waals surface area (Å²) in [6.07, 6.45) is 4.69. The molecule has 1 aromatic rings. The third-order valence-electron chi connectivity index (χ3n) is 6.05. The van der Waals surface area contributed by atoms with Gasteiger partial charge in [-0.2, -0.15) is 0 Å². The average molecular weight is 387 g/mol. The third-order valence-corrected chi connectivity index (χ3v) is 6.05. The number of hydrogen-bond acceptors (Lipinski definition) is 4. The Kier molecular flexibility index (Phi) is 5.91. The summed E-state index contributed by atoms with van der Waals surface area (Å²) in [5.41, 5.74) is -0.472. The number of methoxy groups -OCH3 is 1. The molecule has 152 valence electrons. The van der Waals surface area contributed by atoms with Crippen LogP contribution in [0, 0.1) is 5.92 Å². The van der Waals surface area contributed by atoms with Gasteiger partial charge in [-0.25, -0.2) is 4.79 Å². The van der Waals surface area contributed by atoms with E-state index in [1.54, 1.807) is 31.4 Å². The van der Waals surface area contributed by atoms with Crippen molar-refractivity contribution in [3.05, 3.63) is 29.8 Å². The van der Waals surface area contributed by atoms with Crippen LogP contribution in [0.1, 0.15) is 51.5 Å². The molecule has 0 aromatic heterocycles. The average Bonchev–Trinajstić information content (AvgIpc) is 2.95. The Bertz CT molecular complexity index is 749. The molecule has 1 heterocycles. The van der Waals surface area contributed by atoms with E-state index < -0.39 is 17.5 Å². The first-order valence-electron chi connectivity index (χ1n) is 9.99. The summed E-state index contributed by atoms with van der Waals surface area (Å²) in [7, 11) is 1.57. The van der Waals surface area contributed by atoms with Gasteiger partial charge in [0.05, 0.1) is 7.11 Å². The minimum absolute atomic E-state index is 0.111. The molecule has 1 aliphatic heterocycles. The maximum absolute atomic E-state index is 13.1. The summed E-state index contributed by atoms with van der Waals surface area (Å²) in [6, 6.07) is 6.63. The van der Waals surface area contributed by atoms with Gasteiger partial charge in [0.25, 0.3) is 5.91 Å². The summed E-state index contributed by atoms with van der Waals surface area (Å²) in [5, 5.41) is 5.81. The van der Waals surface area contributed by atoms with Crippen LogP contribution in [0.4, 0.5) is 4.79 Å². The number of benzene rings is 1. The standard InChI is InChI=1S/C21H29N3O4/c1-4-21(15-9-11-16(28-3)12-10-15)19(26)24(20(27)23-21)13-18(25)22-17-8-6-5-7-14(17)2/h9-12,14,17H,4-8,13H2,1-3H3,(H,22,25)(H,23,27).